The molecular weight excluding hydrogens is 234 g/mol. The first kappa shape index (κ1) is 12.4. The van der Waals surface area contributed by atoms with Crippen LogP contribution in [0.1, 0.15) is 40.8 Å². The van der Waals surface area contributed by atoms with Crippen LogP contribution in [0.4, 0.5) is 0 Å². The van der Waals surface area contributed by atoms with Gasteiger partial charge in [-0.1, -0.05) is 0 Å². The number of aromatic carboxylic acids is 1. The van der Waals surface area contributed by atoms with Crippen molar-refractivity contribution in [1.82, 2.24) is 5.32 Å². The van der Waals surface area contributed by atoms with Gasteiger partial charge in [0.25, 0.3) is 0 Å². The van der Waals surface area contributed by atoms with Crippen molar-refractivity contribution in [2.24, 2.45) is 0 Å². The van der Waals surface area contributed by atoms with Crippen LogP contribution in [0.2, 0.25) is 0 Å². The summed E-state index contributed by atoms with van der Waals surface area (Å²) in [6.45, 7) is 4.31. The van der Waals surface area contributed by atoms with Gasteiger partial charge < -0.3 is 19.3 Å². The van der Waals surface area contributed by atoms with E-state index < -0.39 is 5.97 Å². The monoisotopic (exact) mass is 249 g/mol. The third kappa shape index (κ3) is 2.81. The minimum absolute atomic E-state index is 0.0390. The van der Waals surface area contributed by atoms with Gasteiger partial charge in [0.05, 0.1) is 12.6 Å². The summed E-state index contributed by atoms with van der Waals surface area (Å²) in [5.41, 5.74) is 0. The molecule has 0 saturated carbocycles. The maximum Gasteiger partial charge on any atom is 0.371 e. The van der Waals surface area contributed by atoms with E-state index in [4.69, 9.17) is 13.9 Å². The van der Waals surface area contributed by atoms with Crippen molar-refractivity contribution in [1.29, 1.82) is 0 Å². The third-order valence-corrected chi connectivity index (χ3v) is 2.64. The molecule has 0 spiro atoms. The van der Waals surface area contributed by atoms with Crippen LogP contribution in [-0.2, 0) is 6.54 Å². The molecule has 0 aliphatic heterocycles. The molecule has 2 N–H and O–H groups in total. The zero-order valence-electron chi connectivity index (χ0n) is 10.3. The molecule has 5 nitrogen and oxygen atoms in total. The fourth-order valence-corrected chi connectivity index (χ4v) is 1.63. The average molecular weight is 249 g/mol. The molecule has 0 aliphatic carbocycles. The van der Waals surface area contributed by atoms with Gasteiger partial charge in [-0.25, -0.2) is 4.79 Å². The Morgan fingerprint density at radius 3 is 2.67 bits per heavy atom. The molecule has 2 aromatic heterocycles. The van der Waals surface area contributed by atoms with Crippen LogP contribution in [0.25, 0.3) is 0 Å². The van der Waals surface area contributed by atoms with Crippen molar-refractivity contribution < 1.29 is 18.7 Å². The Morgan fingerprint density at radius 1 is 1.33 bits per heavy atom. The molecule has 5 heteroatoms. The van der Waals surface area contributed by atoms with E-state index >= 15 is 0 Å². The van der Waals surface area contributed by atoms with E-state index in [1.165, 1.54) is 6.07 Å². The molecule has 96 valence electrons. The summed E-state index contributed by atoms with van der Waals surface area (Å²) in [7, 11) is 0. The summed E-state index contributed by atoms with van der Waals surface area (Å²) in [6.07, 6.45) is 0. The van der Waals surface area contributed by atoms with Crippen LogP contribution >= 0.6 is 0 Å². The highest BCUT2D eigenvalue weighted by molar-refractivity contribution is 5.84. The average Bonchev–Trinajstić information content (AvgIpc) is 2.94. The smallest absolute Gasteiger partial charge is 0.371 e. The highest BCUT2D eigenvalue weighted by Crippen LogP contribution is 2.16. The maximum absolute atomic E-state index is 10.6. The maximum atomic E-state index is 10.6. The Kier molecular flexibility index (Phi) is 3.53. The summed E-state index contributed by atoms with van der Waals surface area (Å²) < 4.78 is 10.6. The van der Waals surface area contributed by atoms with Crippen LogP contribution in [-0.4, -0.2) is 11.1 Å². The van der Waals surface area contributed by atoms with Crippen molar-refractivity contribution in [3.05, 3.63) is 47.3 Å². The molecule has 0 radical (unpaired) electrons. The highest BCUT2D eigenvalue weighted by atomic mass is 16.4. The largest absolute Gasteiger partial charge is 0.475 e. The molecular formula is C13H15NO4. The van der Waals surface area contributed by atoms with E-state index in [9.17, 15) is 4.79 Å². The molecule has 0 fully saturated rings. The van der Waals surface area contributed by atoms with Gasteiger partial charge in [-0.2, -0.15) is 0 Å². The highest BCUT2D eigenvalue weighted by Gasteiger charge is 2.12. The molecule has 1 unspecified atom stereocenters. The topological polar surface area (TPSA) is 75.6 Å². The summed E-state index contributed by atoms with van der Waals surface area (Å²) in [5.74, 6) is 1.19. The summed E-state index contributed by atoms with van der Waals surface area (Å²) >= 11 is 0. The van der Waals surface area contributed by atoms with E-state index in [0.29, 0.717) is 12.3 Å². The summed E-state index contributed by atoms with van der Waals surface area (Å²) in [4.78, 5) is 10.6. The lowest BCUT2D eigenvalue weighted by Crippen LogP contribution is -2.17. The second kappa shape index (κ2) is 5.10. The first-order chi connectivity index (χ1) is 8.56. The standard InChI is InChI=1S/C13H15NO4/c1-8-3-5-11(17-8)9(2)14-7-10-4-6-12(18-10)13(15)16/h3-6,9,14H,7H2,1-2H3,(H,15,16). The number of furan rings is 2. The lowest BCUT2D eigenvalue weighted by Gasteiger charge is -2.09. The van der Waals surface area contributed by atoms with Crippen molar-refractivity contribution in [3.8, 4) is 0 Å². The van der Waals surface area contributed by atoms with E-state index in [-0.39, 0.29) is 11.8 Å². The molecule has 18 heavy (non-hydrogen) atoms. The first-order valence-corrected chi connectivity index (χ1v) is 5.68. The SMILES string of the molecule is Cc1ccc(C(C)NCc2ccc(C(=O)O)o2)o1. The summed E-state index contributed by atoms with van der Waals surface area (Å²) in [5, 5.41) is 11.9. The molecule has 0 aliphatic rings. The second-order valence-electron chi connectivity index (χ2n) is 4.12. The fraction of sp³-hybridized carbons (Fsp3) is 0.308. The Labute approximate surface area is 104 Å². The van der Waals surface area contributed by atoms with Crippen LogP contribution in [0, 0.1) is 6.92 Å². The lowest BCUT2D eigenvalue weighted by atomic mass is 10.2. The van der Waals surface area contributed by atoms with Crippen LogP contribution in [0.15, 0.2) is 33.1 Å². The molecule has 2 heterocycles. The Balaban J connectivity index is 1.92. The number of carboxylic acid groups (broad SMARTS) is 1. The number of aryl methyl sites for hydroxylation is 1. The molecule has 0 bridgehead atoms. The zero-order chi connectivity index (χ0) is 13.1. The van der Waals surface area contributed by atoms with Gasteiger partial charge >= 0.3 is 5.97 Å². The lowest BCUT2D eigenvalue weighted by molar-refractivity contribution is 0.0660. The van der Waals surface area contributed by atoms with Gasteiger partial charge in [-0.15, -0.1) is 0 Å². The third-order valence-electron chi connectivity index (χ3n) is 2.64. The van der Waals surface area contributed by atoms with Crippen molar-refractivity contribution in [3.63, 3.8) is 0 Å². The summed E-state index contributed by atoms with van der Waals surface area (Å²) in [6, 6.07) is 6.95. The van der Waals surface area contributed by atoms with Gasteiger partial charge in [0.2, 0.25) is 5.76 Å². The Morgan fingerprint density at radius 2 is 2.11 bits per heavy atom. The van der Waals surface area contributed by atoms with Crippen LogP contribution in [0.5, 0.6) is 0 Å². The van der Waals surface area contributed by atoms with Crippen LogP contribution in [0.3, 0.4) is 0 Å². The van der Waals surface area contributed by atoms with Crippen molar-refractivity contribution in [2.75, 3.05) is 0 Å². The predicted octanol–water partition coefficient (Wildman–Crippen LogP) is 2.73. The van der Waals surface area contributed by atoms with Gasteiger partial charge in [-0.05, 0) is 38.1 Å². The fourth-order valence-electron chi connectivity index (χ4n) is 1.63. The molecule has 0 aromatic carbocycles. The zero-order valence-corrected chi connectivity index (χ0v) is 10.3. The van der Waals surface area contributed by atoms with Gasteiger partial charge in [-0.3, -0.25) is 0 Å². The number of carboxylic acids is 1. The normalized spacial score (nSPS) is 12.6. The molecule has 2 aromatic rings. The minimum Gasteiger partial charge on any atom is -0.475 e. The van der Waals surface area contributed by atoms with Gasteiger partial charge in [0, 0.05) is 0 Å². The molecule has 1 atom stereocenters. The van der Waals surface area contributed by atoms with E-state index in [2.05, 4.69) is 5.32 Å². The number of hydrogen-bond donors (Lipinski definition) is 2. The van der Waals surface area contributed by atoms with Crippen molar-refractivity contribution >= 4 is 5.97 Å². The number of rotatable bonds is 5. The van der Waals surface area contributed by atoms with Crippen molar-refractivity contribution in [2.45, 2.75) is 26.4 Å². The predicted molar refractivity (Wildman–Crippen MR) is 64.4 cm³/mol. The first-order valence-electron chi connectivity index (χ1n) is 5.68. The Hall–Kier alpha value is -2.01. The second-order valence-corrected chi connectivity index (χ2v) is 4.12. The van der Waals surface area contributed by atoms with Gasteiger partial charge in [0.15, 0.2) is 0 Å². The quantitative estimate of drug-likeness (QED) is 0.852. The number of nitrogens with one attached hydrogen (secondary N) is 1. The van der Waals surface area contributed by atoms with E-state index in [0.717, 1.165) is 11.5 Å². The Bertz CT molecular complexity index is 541. The van der Waals surface area contributed by atoms with E-state index in [1.54, 1.807) is 6.07 Å². The molecule has 2 rings (SSSR count). The molecule has 0 amide bonds. The van der Waals surface area contributed by atoms with E-state index in [1.807, 2.05) is 26.0 Å². The number of hydrogen-bond acceptors (Lipinski definition) is 4. The minimum atomic E-state index is -1.06. The number of carbonyl (C=O) groups is 1. The van der Waals surface area contributed by atoms with Crippen LogP contribution < -0.4 is 5.32 Å². The molecule has 0 saturated heterocycles. The van der Waals surface area contributed by atoms with Gasteiger partial charge in [0.1, 0.15) is 17.3 Å².